The zero-order chi connectivity index (χ0) is 7.72. The Morgan fingerprint density at radius 2 is 1.80 bits per heavy atom. The van der Waals surface area contributed by atoms with E-state index in [9.17, 15) is 0 Å². The van der Waals surface area contributed by atoms with Crippen molar-refractivity contribution in [2.75, 3.05) is 0 Å². The van der Waals surface area contributed by atoms with Gasteiger partial charge in [0, 0.05) is 6.20 Å². The van der Waals surface area contributed by atoms with Gasteiger partial charge in [-0.3, -0.25) is 0 Å². The Balaban J connectivity index is 3.34. The lowest BCUT2D eigenvalue weighted by molar-refractivity contribution is 1.22. The maximum atomic E-state index is 5.76. The zero-order valence-electron chi connectivity index (χ0n) is 5.78. The molecular formula is C7H7Cl2N. The van der Waals surface area contributed by atoms with E-state index in [1.54, 1.807) is 6.20 Å². The molecule has 0 amide bonds. The van der Waals surface area contributed by atoms with Crippen LogP contribution in [0.4, 0.5) is 0 Å². The molecule has 0 spiro atoms. The van der Waals surface area contributed by atoms with E-state index in [0.717, 1.165) is 11.1 Å². The third kappa shape index (κ3) is 1.25. The average Bonchev–Trinajstić information content (AvgIpc) is 1.93. The molecule has 0 aliphatic carbocycles. The molecule has 1 aromatic heterocycles. The van der Waals surface area contributed by atoms with Crippen molar-refractivity contribution >= 4 is 23.2 Å². The van der Waals surface area contributed by atoms with Gasteiger partial charge in [-0.25, -0.2) is 4.98 Å². The van der Waals surface area contributed by atoms with Crippen molar-refractivity contribution in [2.45, 2.75) is 13.8 Å². The number of pyridine rings is 1. The van der Waals surface area contributed by atoms with Gasteiger partial charge in [0.2, 0.25) is 0 Å². The Morgan fingerprint density at radius 1 is 1.20 bits per heavy atom. The molecule has 3 heteroatoms. The molecule has 1 nitrogen and oxygen atoms in total. The van der Waals surface area contributed by atoms with Crippen molar-refractivity contribution in [3.8, 4) is 0 Å². The number of halogens is 2. The standard InChI is InChI=1S/C7H7Cl2N/c1-4-5(2)7(9)10-3-6(4)8/h3H,1-2H3. The third-order valence-corrected chi connectivity index (χ3v) is 2.28. The summed E-state index contributed by atoms with van der Waals surface area (Å²) in [6.45, 7) is 3.82. The van der Waals surface area contributed by atoms with Crippen LogP contribution in [0.2, 0.25) is 10.2 Å². The van der Waals surface area contributed by atoms with Crippen molar-refractivity contribution in [2.24, 2.45) is 0 Å². The van der Waals surface area contributed by atoms with Crippen LogP contribution in [0.3, 0.4) is 0 Å². The first-order valence-electron chi connectivity index (χ1n) is 2.90. The molecule has 0 saturated carbocycles. The van der Waals surface area contributed by atoms with E-state index in [0.29, 0.717) is 10.2 Å². The molecule has 1 aromatic rings. The molecular weight excluding hydrogens is 169 g/mol. The van der Waals surface area contributed by atoms with Gasteiger partial charge in [-0.15, -0.1) is 0 Å². The quantitative estimate of drug-likeness (QED) is 0.553. The molecule has 0 bridgehead atoms. The Hall–Kier alpha value is -0.270. The molecule has 54 valence electrons. The molecule has 0 aliphatic heterocycles. The fraction of sp³-hybridized carbons (Fsp3) is 0.286. The number of hydrogen-bond donors (Lipinski definition) is 0. The van der Waals surface area contributed by atoms with Crippen LogP contribution in [0.25, 0.3) is 0 Å². The minimum absolute atomic E-state index is 0.530. The Labute approximate surface area is 70.0 Å². The molecule has 0 radical (unpaired) electrons. The molecule has 1 rings (SSSR count). The van der Waals surface area contributed by atoms with Gasteiger partial charge >= 0.3 is 0 Å². The normalized spacial score (nSPS) is 10.0. The van der Waals surface area contributed by atoms with Gasteiger partial charge in [-0.1, -0.05) is 23.2 Å². The summed E-state index contributed by atoms with van der Waals surface area (Å²) in [6.07, 6.45) is 1.56. The second-order valence-electron chi connectivity index (χ2n) is 2.15. The zero-order valence-corrected chi connectivity index (χ0v) is 7.29. The van der Waals surface area contributed by atoms with Crippen molar-refractivity contribution in [1.29, 1.82) is 0 Å². The van der Waals surface area contributed by atoms with Crippen LogP contribution in [0.5, 0.6) is 0 Å². The average molecular weight is 176 g/mol. The van der Waals surface area contributed by atoms with Gasteiger partial charge in [0.05, 0.1) is 5.02 Å². The van der Waals surface area contributed by atoms with E-state index in [1.807, 2.05) is 13.8 Å². The highest BCUT2D eigenvalue weighted by Crippen LogP contribution is 2.22. The molecule has 0 saturated heterocycles. The van der Waals surface area contributed by atoms with E-state index < -0.39 is 0 Å². The maximum absolute atomic E-state index is 5.76. The lowest BCUT2D eigenvalue weighted by atomic mass is 10.2. The smallest absolute Gasteiger partial charge is 0.132 e. The SMILES string of the molecule is Cc1c(Cl)cnc(Cl)c1C. The van der Waals surface area contributed by atoms with Crippen LogP contribution in [0.15, 0.2) is 6.20 Å². The summed E-state index contributed by atoms with van der Waals surface area (Å²) >= 11 is 11.5. The number of hydrogen-bond acceptors (Lipinski definition) is 1. The summed E-state index contributed by atoms with van der Waals surface area (Å²) in [4.78, 5) is 3.87. The van der Waals surface area contributed by atoms with Gasteiger partial charge in [0.1, 0.15) is 5.15 Å². The first-order valence-corrected chi connectivity index (χ1v) is 3.65. The van der Waals surface area contributed by atoms with E-state index in [2.05, 4.69) is 4.98 Å². The maximum Gasteiger partial charge on any atom is 0.132 e. The van der Waals surface area contributed by atoms with Crippen molar-refractivity contribution in [1.82, 2.24) is 4.98 Å². The number of nitrogens with zero attached hydrogens (tertiary/aromatic N) is 1. The lowest BCUT2D eigenvalue weighted by Crippen LogP contribution is -1.86. The van der Waals surface area contributed by atoms with E-state index in [1.165, 1.54) is 0 Å². The fourth-order valence-corrected chi connectivity index (χ4v) is 1.02. The van der Waals surface area contributed by atoms with Gasteiger partial charge in [-0.2, -0.15) is 0 Å². The topological polar surface area (TPSA) is 12.9 Å². The van der Waals surface area contributed by atoms with E-state index in [-0.39, 0.29) is 0 Å². The molecule has 0 unspecified atom stereocenters. The van der Waals surface area contributed by atoms with Crippen LogP contribution in [0.1, 0.15) is 11.1 Å². The van der Waals surface area contributed by atoms with Crippen LogP contribution >= 0.6 is 23.2 Å². The monoisotopic (exact) mass is 175 g/mol. The minimum atomic E-state index is 0.530. The summed E-state index contributed by atoms with van der Waals surface area (Å²) in [6, 6.07) is 0. The van der Waals surface area contributed by atoms with E-state index >= 15 is 0 Å². The number of rotatable bonds is 0. The highest BCUT2D eigenvalue weighted by Gasteiger charge is 2.02. The summed E-state index contributed by atoms with van der Waals surface area (Å²) in [7, 11) is 0. The van der Waals surface area contributed by atoms with Crippen LogP contribution < -0.4 is 0 Å². The Morgan fingerprint density at radius 3 is 2.30 bits per heavy atom. The second kappa shape index (κ2) is 2.77. The summed E-state index contributed by atoms with van der Waals surface area (Å²) in [5.74, 6) is 0. The van der Waals surface area contributed by atoms with Crippen LogP contribution in [0, 0.1) is 13.8 Å². The predicted octanol–water partition coefficient (Wildman–Crippen LogP) is 3.01. The lowest BCUT2D eigenvalue weighted by Gasteiger charge is -2.01. The van der Waals surface area contributed by atoms with Gasteiger partial charge < -0.3 is 0 Å². The van der Waals surface area contributed by atoms with Gasteiger partial charge in [0.15, 0.2) is 0 Å². The molecule has 0 aliphatic rings. The van der Waals surface area contributed by atoms with Crippen molar-refractivity contribution in [3.63, 3.8) is 0 Å². The largest absolute Gasteiger partial charge is 0.243 e. The highest BCUT2D eigenvalue weighted by atomic mass is 35.5. The van der Waals surface area contributed by atoms with Crippen molar-refractivity contribution < 1.29 is 0 Å². The molecule has 0 fully saturated rings. The van der Waals surface area contributed by atoms with Gasteiger partial charge in [-0.05, 0) is 25.0 Å². The summed E-state index contributed by atoms with van der Waals surface area (Å²) in [5, 5.41) is 1.20. The summed E-state index contributed by atoms with van der Waals surface area (Å²) < 4.78 is 0. The molecule has 0 atom stereocenters. The molecule has 0 N–H and O–H groups in total. The first-order chi connectivity index (χ1) is 4.63. The third-order valence-electron chi connectivity index (χ3n) is 1.52. The molecule has 1 heterocycles. The minimum Gasteiger partial charge on any atom is -0.243 e. The fourth-order valence-electron chi connectivity index (χ4n) is 0.641. The van der Waals surface area contributed by atoms with Crippen molar-refractivity contribution in [3.05, 3.63) is 27.5 Å². The summed E-state index contributed by atoms with van der Waals surface area (Å²) in [5.41, 5.74) is 1.95. The van der Waals surface area contributed by atoms with Gasteiger partial charge in [0.25, 0.3) is 0 Å². The molecule has 10 heavy (non-hydrogen) atoms. The first kappa shape index (κ1) is 7.83. The second-order valence-corrected chi connectivity index (χ2v) is 2.91. The Bertz CT molecular complexity index is 231. The highest BCUT2D eigenvalue weighted by molar-refractivity contribution is 6.33. The molecule has 0 aromatic carbocycles. The van der Waals surface area contributed by atoms with Crippen LogP contribution in [-0.2, 0) is 0 Å². The van der Waals surface area contributed by atoms with E-state index in [4.69, 9.17) is 23.2 Å². The number of aromatic nitrogens is 1. The Kier molecular flexibility index (Phi) is 2.17. The predicted molar refractivity (Wildman–Crippen MR) is 43.7 cm³/mol. The van der Waals surface area contributed by atoms with Crippen LogP contribution in [-0.4, -0.2) is 4.98 Å².